The molecule has 132 valence electrons. The van der Waals surface area contributed by atoms with Gasteiger partial charge in [-0.15, -0.1) is 5.10 Å². The summed E-state index contributed by atoms with van der Waals surface area (Å²) in [6.07, 6.45) is 1.33. The quantitative estimate of drug-likeness (QED) is 0.910. The van der Waals surface area contributed by atoms with Crippen molar-refractivity contribution < 1.29 is 14.3 Å². The molecular formula is C18H22N4O3. The second-order valence-corrected chi connectivity index (χ2v) is 6.62. The highest BCUT2D eigenvalue weighted by Crippen LogP contribution is 2.25. The van der Waals surface area contributed by atoms with E-state index in [-0.39, 0.29) is 18.1 Å². The van der Waals surface area contributed by atoms with Gasteiger partial charge in [-0.3, -0.25) is 4.79 Å². The smallest absolute Gasteiger partial charge is 0.249 e. The predicted octanol–water partition coefficient (Wildman–Crippen LogP) is 1.45. The van der Waals surface area contributed by atoms with E-state index in [1.807, 2.05) is 16.8 Å². The molecule has 1 saturated heterocycles. The largest absolute Gasteiger partial charge is 0.368 e. The molecule has 1 aromatic heterocycles. The average molecular weight is 342 g/mol. The van der Waals surface area contributed by atoms with Gasteiger partial charge >= 0.3 is 0 Å². The van der Waals surface area contributed by atoms with Crippen molar-refractivity contribution in [3.8, 4) is 11.3 Å². The standard InChI is InChI=1S/C18H22N4O3/c1-12-4-2-5-13(8-12)17-15-11-25-14(10-22(15)21-20-17)9-19-18(23)16-6-3-7-24-16/h2,4-5,8,14,16H,3,6-7,9-11H2,1H3,(H,19,23)/t14-,16-/m1/s1. The molecule has 0 radical (unpaired) electrons. The molecule has 2 atom stereocenters. The van der Waals surface area contributed by atoms with Gasteiger partial charge in [0.2, 0.25) is 5.91 Å². The number of hydrogen-bond donors (Lipinski definition) is 1. The van der Waals surface area contributed by atoms with Crippen molar-refractivity contribution in [3.63, 3.8) is 0 Å². The Bertz CT molecular complexity index is 767. The summed E-state index contributed by atoms with van der Waals surface area (Å²) < 4.78 is 13.2. The van der Waals surface area contributed by atoms with E-state index in [0.29, 0.717) is 26.3 Å². The molecule has 25 heavy (non-hydrogen) atoms. The highest BCUT2D eigenvalue weighted by atomic mass is 16.5. The Balaban J connectivity index is 1.40. The number of nitrogens with one attached hydrogen (secondary N) is 1. The number of carbonyl (C=O) groups excluding carboxylic acids is 1. The molecule has 1 fully saturated rings. The van der Waals surface area contributed by atoms with Gasteiger partial charge < -0.3 is 14.8 Å². The zero-order valence-corrected chi connectivity index (χ0v) is 14.3. The number of rotatable bonds is 4. The molecule has 1 N–H and O–H groups in total. The first-order valence-corrected chi connectivity index (χ1v) is 8.71. The van der Waals surface area contributed by atoms with Crippen LogP contribution in [0.3, 0.4) is 0 Å². The maximum atomic E-state index is 12.0. The SMILES string of the molecule is Cc1cccc(-c2nnn3c2CO[C@H](CNC(=O)[C@H]2CCCO2)C3)c1. The summed E-state index contributed by atoms with van der Waals surface area (Å²) in [5.74, 6) is -0.0501. The summed E-state index contributed by atoms with van der Waals surface area (Å²) in [6.45, 7) is 4.21. The Labute approximate surface area is 146 Å². The Morgan fingerprint density at radius 3 is 3.12 bits per heavy atom. The molecule has 3 heterocycles. The molecule has 0 unspecified atom stereocenters. The van der Waals surface area contributed by atoms with Crippen molar-refractivity contribution in [3.05, 3.63) is 35.5 Å². The first-order valence-electron chi connectivity index (χ1n) is 8.71. The minimum Gasteiger partial charge on any atom is -0.368 e. The maximum Gasteiger partial charge on any atom is 0.249 e. The van der Waals surface area contributed by atoms with Gasteiger partial charge in [0.15, 0.2) is 0 Å². The van der Waals surface area contributed by atoms with Crippen LogP contribution in [0.15, 0.2) is 24.3 Å². The molecular weight excluding hydrogens is 320 g/mol. The fraction of sp³-hybridized carbons (Fsp3) is 0.500. The van der Waals surface area contributed by atoms with Gasteiger partial charge in [0.25, 0.3) is 0 Å². The van der Waals surface area contributed by atoms with E-state index in [1.165, 1.54) is 5.56 Å². The third-order valence-electron chi connectivity index (χ3n) is 4.69. The van der Waals surface area contributed by atoms with Gasteiger partial charge in [-0.25, -0.2) is 4.68 Å². The first-order chi connectivity index (χ1) is 12.2. The molecule has 2 aliphatic rings. The molecule has 0 spiro atoms. The lowest BCUT2D eigenvalue weighted by molar-refractivity contribution is -0.131. The van der Waals surface area contributed by atoms with Gasteiger partial charge in [0.05, 0.1) is 24.9 Å². The Morgan fingerprint density at radius 1 is 1.40 bits per heavy atom. The van der Waals surface area contributed by atoms with Gasteiger partial charge in [0, 0.05) is 18.7 Å². The molecule has 4 rings (SSSR count). The van der Waals surface area contributed by atoms with Crippen LogP contribution in [0.5, 0.6) is 0 Å². The van der Waals surface area contributed by atoms with Crippen molar-refractivity contribution in [1.29, 1.82) is 0 Å². The van der Waals surface area contributed by atoms with Crippen LogP contribution in [0.25, 0.3) is 11.3 Å². The monoisotopic (exact) mass is 342 g/mol. The first kappa shape index (κ1) is 16.2. The molecule has 2 aromatic rings. The third kappa shape index (κ3) is 3.43. The molecule has 1 aromatic carbocycles. The molecule has 7 heteroatoms. The fourth-order valence-corrected chi connectivity index (χ4v) is 3.32. The summed E-state index contributed by atoms with van der Waals surface area (Å²) in [4.78, 5) is 12.0. The van der Waals surface area contributed by atoms with Gasteiger partial charge in [-0.1, -0.05) is 29.0 Å². The highest BCUT2D eigenvalue weighted by molar-refractivity contribution is 5.80. The van der Waals surface area contributed by atoms with Crippen molar-refractivity contribution in [2.75, 3.05) is 13.2 Å². The lowest BCUT2D eigenvalue weighted by Gasteiger charge is -2.24. The zero-order chi connectivity index (χ0) is 17.2. The van der Waals surface area contributed by atoms with E-state index in [4.69, 9.17) is 9.47 Å². The number of hydrogen-bond acceptors (Lipinski definition) is 5. The van der Waals surface area contributed by atoms with Crippen molar-refractivity contribution in [2.45, 2.75) is 45.1 Å². The van der Waals surface area contributed by atoms with Crippen molar-refractivity contribution >= 4 is 5.91 Å². The lowest BCUT2D eigenvalue weighted by Crippen LogP contribution is -2.42. The number of fused-ring (bicyclic) bond motifs is 1. The molecule has 0 aliphatic carbocycles. The van der Waals surface area contributed by atoms with Crippen LogP contribution in [0.4, 0.5) is 0 Å². The minimum atomic E-state index is -0.307. The fourth-order valence-electron chi connectivity index (χ4n) is 3.32. The van der Waals surface area contributed by atoms with E-state index >= 15 is 0 Å². The number of ether oxygens (including phenoxy) is 2. The average Bonchev–Trinajstić information content (AvgIpc) is 3.29. The van der Waals surface area contributed by atoms with Crippen LogP contribution in [0, 0.1) is 6.92 Å². The van der Waals surface area contributed by atoms with Gasteiger partial charge in [-0.05, 0) is 25.8 Å². The van der Waals surface area contributed by atoms with Gasteiger partial charge in [-0.2, -0.15) is 0 Å². The molecule has 1 amide bonds. The topological polar surface area (TPSA) is 78.3 Å². The summed E-state index contributed by atoms with van der Waals surface area (Å²) in [5, 5.41) is 11.5. The summed E-state index contributed by atoms with van der Waals surface area (Å²) in [7, 11) is 0. The highest BCUT2D eigenvalue weighted by Gasteiger charge is 2.27. The van der Waals surface area contributed by atoms with Crippen LogP contribution in [-0.2, 0) is 27.4 Å². The number of aromatic nitrogens is 3. The van der Waals surface area contributed by atoms with Crippen molar-refractivity contribution in [1.82, 2.24) is 20.3 Å². The Hall–Kier alpha value is -2.25. The van der Waals surface area contributed by atoms with Crippen LogP contribution in [0.2, 0.25) is 0 Å². The van der Waals surface area contributed by atoms with E-state index in [0.717, 1.165) is 29.8 Å². The van der Waals surface area contributed by atoms with Crippen molar-refractivity contribution in [2.24, 2.45) is 0 Å². The molecule has 0 saturated carbocycles. The number of nitrogens with zero attached hydrogens (tertiary/aromatic N) is 3. The Kier molecular flexibility index (Phi) is 4.50. The second kappa shape index (κ2) is 6.93. The van der Waals surface area contributed by atoms with Crippen LogP contribution >= 0.6 is 0 Å². The lowest BCUT2D eigenvalue weighted by atomic mass is 10.1. The molecule has 2 aliphatic heterocycles. The second-order valence-electron chi connectivity index (χ2n) is 6.62. The predicted molar refractivity (Wildman–Crippen MR) is 90.8 cm³/mol. The minimum absolute atomic E-state index is 0.0501. The van der Waals surface area contributed by atoms with Crippen LogP contribution < -0.4 is 5.32 Å². The summed E-state index contributed by atoms with van der Waals surface area (Å²) in [5.41, 5.74) is 4.08. The number of amides is 1. The molecule has 7 nitrogen and oxygen atoms in total. The number of carbonyl (C=O) groups is 1. The van der Waals surface area contributed by atoms with Crippen LogP contribution in [0.1, 0.15) is 24.1 Å². The Morgan fingerprint density at radius 2 is 2.32 bits per heavy atom. The van der Waals surface area contributed by atoms with E-state index in [2.05, 4.69) is 34.7 Å². The van der Waals surface area contributed by atoms with Crippen LogP contribution in [-0.4, -0.2) is 46.3 Å². The summed E-state index contributed by atoms with van der Waals surface area (Å²) in [6, 6.07) is 8.21. The van der Waals surface area contributed by atoms with E-state index in [9.17, 15) is 4.79 Å². The van der Waals surface area contributed by atoms with E-state index < -0.39 is 0 Å². The van der Waals surface area contributed by atoms with E-state index in [1.54, 1.807) is 0 Å². The summed E-state index contributed by atoms with van der Waals surface area (Å²) >= 11 is 0. The zero-order valence-electron chi connectivity index (χ0n) is 14.3. The number of aryl methyl sites for hydroxylation is 1. The molecule has 0 bridgehead atoms. The number of benzene rings is 1. The van der Waals surface area contributed by atoms with Gasteiger partial charge in [0.1, 0.15) is 11.8 Å². The maximum absolute atomic E-state index is 12.0. The third-order valence-corrected chi connectivity index (χ3v) is 4.69. The normalized spacial score (nSPS) is 22.6.